The van der Waals surface area contributed by atoms with Crippen molar-refractivity contribution in [3.05, 3.63) is 23.8 Å². The van der Waals surface area contributed by atoms with Gasteiger partial charge in [-0.05, 0) is 37.3 Å². The van der Waals surface area contributed by atoms with E-state index in [1.165, 1.54) is 32.1 Å². The summed E-state index contributed by atoms with van der Waals surface area (Å²) in [7, 11) is 0. The van der Waals surface area contributed by atoms with Crippen molar-refractivity contribution in [3.8, 4) is 0 Å². The van der Waals surface area contributed by atoms with E-state index in [4.69, 9.17) is 10.5 Å². The number of nitrogens with one attached hydrogen (secondary N) is 1. The summed E-state index contributed by atoms with van der Waals surface area (Å²) in [5.41, 5.74) is 8.18. The van der Waals surface area contributed by atoms with Crippen LogP contribution in [0.15, 0.2) is 18.2 Å². The number of ether oxygens (including phenoxy) is 1. The average Bonchev–Trinajstić information content (AvgIpc) is 2.47. The number of esters is 1. The van der Waals surface area contributed by atoms with Crippen molar-refractivity contribution in [2.75, 3.05) is 24.2 Å². The highest BCUT2D eigenvalue weighted by molar-refractivity contribution is 5.98. The Labute approximate surface area is 127 Å². The molecule has 1 aromatic rings. The van der Waals surface area contributed by atoms with Gasteiger partial charge in [-0.15, -0.1) is 0 Å². The van der Waals surface area contributed by atoms with Crippen molar-refractivity contribution in [3.63, 3.8) is 0 Å². The number of nitrogen functional groups attached to an aromatic ring is 1. The van der Waals surface area contributed by atoms with Gasteiger partial charge in [0.15, 0.2) is 0 Å². The topological polar surface area (TPSA) is 64.3 Å². The molecule has 0 unspecified atom stereocenters. The second kappa shape index (κ2) is 6.83. The quantitative estimate of drug-likeness (QED) is 0.639. The molecule has 0 aliphatic heterocycles. The molecule has 1 aromatic carbocycles. The number of nitrogens with two attached hydrogens (primary N) is 1. The van der Waals surface area contributed by atoms with Gasteiger partial charge in [0, 0.05) is 6.54 Å². The maximum Gasteiger partial charge on any atom is 0.340 e. The van der Waals surface area contributed by atoms with Crippen molar-refractivity contribution in [1.82, 2.24) is 0 Å². The van der Waals surface area contributed by atoms with Gasteiger partial charge in [-0.25, -0.2) is 4.79 Å². The minimum atomic E-state index is -0.359. The van der Waals surface area contributed by atoms with Crippen molar-refractivity contribution in [2.24, 2.45) is 5.41 Å². The Kier molecular flexibility index (Phi) is 5.10. The number of hydrogen-bond donors (Lipinski definition) is 2. The zero-order valence-electron chi connectivity index (χ0n) is 13.1. The summed E-state index contributed by atoms with van der Waals surface area (Å²) in [5, 5.41) is 3.43. The molecule has 0 radical (unpaired) electrons. The van der Waals surface area contributed by atoms with E-state index in [-0.39, 0.29) is 5.97 Å². The van der Waals surface area contributed by atoms with Crippen LogP contribution in [0.25, 0.3) is 0 Å². The number of rotatable bonds is 5. The number of hydrogen-bond acceptors (Lipinski definition) is 4. The fraction of sp³-hybridized carbons (Fsp3) is 0.588. The predicted molar refractivity (Wildman–Crippen MR) is 86.5 cm³/mol. The van der Waals surface area contributed by atoms with Crippen LogP contribution in [-0.2, 0) is 4.74 Å². The van der Waals surface area contributed by atoms with Gasteiger partial charge in [0.05, 0.1) is 23.5 Å². The van der Waals surface area contributed by atoms with Gasteiger partial charge in [-0.3, -0.25) is 0 Å². The summed E-state index contributed by atoms with van der Waals surface area (Å²) >= 11 is 0. The standard InChI is InChI=1S/C17H26N2O2/c1-3-21-16(20)13-8-7-9-14(15(13)18)19-12-17(2)10-5-4-6-11-17/h7-9,19H,3-6,10-12,18H2,1-2H3. The first-order valence-electron chi connectivity index (χ1n) is 7.85. The average molecular weight is 290 g/mol. The largest absolute Gasteiger partial charge is 0.462 e. The molecular weight excluding hydrogens is 264 g/mol. The highest BCUT2D eigenvalue weighted by Gasteiger charge is 2.26. The molecule has 1 saturated carbocycles. The summed E-state index contributed by atoms with van der Waals surface area (Å²) in [6.45, 7) is 5.36. The second-order valence-corrected chi connectivity index (χ2v) is 6.21. The van der Waals surface area contributed by atoms with Gasteiger partial charge in [-0.2, -0.15) is 0 Å². The first kappa shape index (κ1) is 15.7. The third-order valence-electron chi connectivity index (χ3n) is 4.37. The Morgan fingerprint density at radius 1 is 1.33 bits per heavy atom. The Morgan fingerprint density at radius 3 is 2.71 bits per heavy atom. The molecule has 0 atom stereocenters. The number of anilines is 2. The zero-order chi connectivity index (χ0) is 15.3. The Morgan fingerprint density at radius 2 is 2.05 bits per heavy atom. The molecule has 0 amide bonds. The molecule has 3 N–H and O–H groups in total. The van der Waals surface area contributed by atoms with E-state index >= 15 is 0 Å². The summed E-state index contributed by atoms with van der Waals surface area (Å²) in [5.74, 6) is -0.359. The molecule has 1 aliphatic rings. The van der Waals surface area contributed by atoms with E-state index in [9.17, 15) is 4.79 Å². The minimum Gasteiger partial charge on any atom is -0.462 e. The maximum absolute atomic E-state index is 11.9. The molecule has 2 rings (SSSR count). The summed E-state index contributed by atoms with van der Waals surface area (Å²) in [4.78, 5) is 11.9. The van der Waals surface area contributed by atoms with Crippen LogP contribution < -0.4 is 11.1 Å². The van der Waals surface area contributed by atoms with Crippen molar-refractivity contribution < 1.29 is 9.53 Å². The summed E-state index contributed by atoms with van der Waals surface area (Å²) in [6, 6.07) is 5.47. The molecule has 0 saturated heterocycles. The summed E-state index contributed by atoms with van der Waals surface area (Å²) < 4.78 is 5.03. The van der Waals surface area contributed by atoms with Crippen LogP contribution in [0.2, 0.25) is 0 Å². The number of carbonyl (C=O) groups is 1. The number of benzene rings is 1. The normalized spacial score (nSPS) is 17.2. The fourth-order valence-electron chi connectivity index (χ4n) is 3.00. The van der Waals surface area contributed by atoms with Gasteiger partial charge in [0.25, 0.3) is 0 Å². The molecule has 0 aromatic heterocycles. The van der Waals surface area contributed by atoms with Gasteiger partial charge in [0.2, 0.25) is 0 Å². The van der Waals surface area contributed by atoms with Gasteiger partial charge < -0.3 is 15.8 Å². The van der Waals surface area contributed by atoms with Gasteiger partial charge >= 0.3 is 5.97 Å². The molecule has 0 heterocycles. The lowest BCUT2D eigenvalue weighted by Crippen LogP contribution is -2.29. The van der Waals surface area contributed by atoms with Gasteiger partial charge in [0.1, 0.15) is 0 Å². The lowest BCUT2D eigenvalue weighted by Gasteiger charge is -2.34. The van der Waals surface area contributed by atoms with E-state index in [2.05, 4.69) is 12.2 Å². The lowest BCUT2D eigenvalue weighted by atomic mass is 9.75. The third kappa shape index (κ3) is 3.90. The highest BCUT2D eigenvalue weighted by atomic mass is 16.5. The molecule has 1 fully saturated rings. The van der Waals surface area contributed by atoms with Crippen LogP contribution >= 0.6 is 0 Å². The molecule has 0 spiro atoms. The van der Waals surface area contributed by atoms with Crippen molar-refractivity contribution in [1.29, 1.82) is 0 Å². The molecule has 4 nitrogen and oxygen atoms in total. The SMILES string of the molecule is CCOC(=O)c1cccc(NCC2(C)CCCCC2)c1N. The van der Waals surface area contributed by atoms with Crippen molar-refractivity contribution >= 4 is 17.3 Å². The number of carbonyl (C=O) groups excluding carboxylic acids is 1. The van der Waals surface area contributed by atoms with Crippen LogP contribution in [0.1, 0.15) is 56.3 Å². The highest BCUT2D eigenvalue weighted by Crippen LogP contribution is 2.36. The second-order valence-electron chi connectivity index (χ2n) is 6.21. The van der Waals surface area contributed by atoms with Crippen LogP contribution in [-0.4, -0.2) is 19.1 Å². The molecule has 21 heavy (non-hydrogen) atoms. The van der Waals surface area contributed by atoms with Crippen LogP contribution in [0.4, 0.5) is 11.4 Å². The Bertz CT molecular complexity index is 494. The first-order chi connectivity index (χ1) is 10.1. The molecule has 1 aliphatic carbocycles. The van der Waals surface area contributed by atoms with Crippen molar-refractivity contribution in [2.45, 2.75) is 46.0 Å². The monoisotopic (exact) mass is 290 g/mol. The Hall–Kier alpha value is -1.71. The minimum absolute atomic E-state index is 0.324. The third-order valence-corrected chi connectivity index (χ3v) is 4.37. The van der Waals surface area contributed by atoms with Gasteiger partial charge in [-0.1, -0.05) is 32.3 Å². The summed E-state index contributed by atoms with van der Waals surface area (Å²) in [6.07, 6.45) is 6.44. The predicted octanol–water partition coefficient (Wildman–Crippen LogP) is 3.83. The van der Waals surface area contributed by atoms with Crippen LogP contribution in [0.5, 0.6) is 0 Å². The smallest absolute Gasteiger partial charge is 0.340 e. The van der Waals surface area contributed by atoms with E-state index < -0.39 is 0 Å². The van der Waals surface area contributed by atoms with Crippen LogP contribution in [0, 0.1) is 5.41 Å². The van der Waals surface area contributed by atoms with E-state index in [1.807, 2.05) is 12.1 Å². The van der Waals surface area contributed by atoms with E-state index in [0.29, 0.717) is 23.3 Å². The maximum atomic E-state index is 11.9. The Balaban J connectivity index is 2.06. The lowest BCUT2D eigenvalue weighted by molar-refractivity contribution is 0.0527. The van der Waals surface area contributed by atoms with E-state index in [1.54, 1.807) is 13.0 Å². The van der Waals surface area contributed by atoms with E-state index in [0.717, 1.165) is 12.2 Å². The van der Waals surface area contributed by atoms with Crippen LogP contribution in [0.3, 0.4) is 0 Å². The molecule has 4 heteroatoms. The fourth-order valence-corrected chi connectivity index (χ4v) is 3.00. The molecule has 0 bridgehead atoms. The first-order valence-corrected chi connectivity index (χ1v) is 7.85. The molecule has 116 valence electrons. The molecular formula is C17H26N2O2. The number of para-hydroxylation sites is 1. The zero-order valence-corrected chi connectivity index (χ0v) is 13.1.